The third-order valence-electron chi connectivity index (χ3n) is 10.0. The third kappa shape index (κ3) is 10.5. The van der Waals surface area contributed by atoms with Crippen LogP contribution in [0.4, 0.5) is 0 Å². The second-order valence-corrected chi connectivity index (χ2v) is 17.9. The fourth-order valence-corrected chi connectivity index (χ4v) is 9.77. The number of rotatable bonds is 18. The van der Waals surface area contributed by atoms with E-state index in [1.807, 2.05) is 66.7 Å². The summed E-state index contributed by atoms with van der Waals surface area (Å²) >= 11 is 0. The van der Waals surface area contributed by atoms with Crippen LogP contribution in [0, 0.1) is 0 Å². The van der Waals surface area contributed by atoms with Crippen LogP contribution in [0.2, 0.25) is 18.1 Å². The maximum atomic E-state index is 6.92. The molecule has 268 valence electrons. The monoisotopic (exact) mass is 692 g/mol. The molecule has 0 spiro atoms. The van der Waals surface area contributed by atoms with Gasteiger partial charge in [0.15, 0.2) is 20.9 Å². The first-order valence-corrected chi connectivity index (χ1v) is 20.6. The molecule has 0 amide bonds. The fourth-order valence-electron chi connectivity index (χ4n) is 6.81. The molecule has 8 atom stereocenters. The first kappa shape index (κ1) is 37.8. The summed E-state index contributed by atoms with van der Waals surface area (Å²) < 4.78 is 52.6. The number of hydrogen-bond acceptors (Lipinski definition) is 8. The van der Waals surface area contributed by atoms with E-state index in [0.29, 0.717) is 26.2 Å². The van der Waals surface area contributed by atoms with Crippen LogP contribution in [-0.4, -0.2) is 71.2 Å². The molecule has 2 aliphatic rings. The molecule has 3 aromatic rings. The van der Waals surface area contributed by atoms with Crippen molar-refractivity contribution in [3.8, 4) is 0 Å². The van der Waals surface area contributed by atoms with Gasteiger partial charge in [0.05, 0.1) is 38.6 Å². The van der Waals surface area contributed by atoms with Crippen molar-refractivity contribution in [2.45, 2.75) is 128 Å². The van der Waals surface area contributed by atoms with E-state index in [-0.39, 0.29) is 18.8 Å². The minimum Gasteiger partial charge on any atom is -0.411 e. The van der Waals surface area contributed by atoms with E-state index >= 15 is 0 Å². The molecule has 8 nitrogen and oxygen atoms in total. The maximum Gasteiger partial charge on any atom is 0.192 e. The smallest absolute Gasteiger partial charge is 0.192 e. The Bertz CT molecular complexity index is 1320. The number of hydrogen-bond donors (Lipinski definition) is 0. The highest BCUT2D eigenvalue weighted by Gasteiger charge is 2.50. The number of benzene rings is 3. The van der Waals surface area contributed by atoms with Crippen LogP contribution in [0.3, 0.4) is 0 Å². The van der Waals surface area contributed by atoms with Crippen LogP contribution >= 0.6 is 0 Å². The fraction of sp³-hybridized carbons (Fsp3) is 0.550. The second-order valence-electron chi connectivity index (χ2n) is 13.2. The molecule has 2 saturated heterocycles. The summed E-state index contributed by atoms with van der Waals surface area (Å²) in [6, 6.07) is 33.7. The third-order valence-corrected chi connectivity index (χ3v) is 14.7. The molecule has 0 saturated carbocycles. The lowest BCUT2D eigenvalue weighted by Gasteiger charge is -2.47. The molecule has 2 heterocycles. The van der Waals surface area contributed by atoms with E-state index in [2.05, 4.69) is 52.0 Å². The number of methoxy groups -OCH3 is 1. The van der Waals surface area contributed by atoms with Crippen LogP contribution in [0.5, 0.6) is 0 Å². The minimum absolute atomic E-state index is 0.0592. The van der Waals surface area contributed by atoms with Crippen molar-refractivity contribution in [1.82, 2.24) is 0 Å². The van der Waals surface area contributed by atoms with Gasteiger partial charge in [0.1, 0.15) is 24.4 Å². The van der Waals surface area contributed by atoms with Gasteiger partial charge in [-0.2, -0.15) is 0 Å². The van der Waals surface area contributed by atoms with Gasteiger partial charge in [-0.25, -0.2) is 0 Å². The Morgan fingerprint density at radius 3 is 1.69 bits per heavy atom. The van der Waals surface area contributed by atoms with Gasteiger partial charge < -0.3 is 37.6 Å². The Balaban J connectivity index is 1.38. The Morgan fingerprint density at radius 2 is 1.18 bits per heavy atom. The van der Waals surface area contributed by atoms with Crippen LogP contribution in [0.25, 0.3) is 0 Å². The summed E-state index contributed by atoms with van der Waals surface area (Å²) in [7, 11) is -0.147. The van der Waals surface area contributed by atoms with E-state index in [1.54, 1.807) is 7.11 Å². The summed E-state index contributed by atoms with van der Waals surface area (Å²) in [5.41, 5.74) is 3.19. The SMILES string of the molecule is CC[Si](CC)(CC)O[C@H]1CC[C@H](O[C@H]2[C@H](OCc3ccccc3)[C@@H](OCc3ccccc3)[C@@H](OC)O[C@@H]2COCc2ccccc2)O[C@H]1C. The molecule has 0 aliphatic carbocycles. The van der Waals surface area contributed by atoms with Crippen molar-refractivity contribution in [2.75, 3.05) is 13.7 Å². The van der Waals surface area contributed by atoms with Crippen LogP contribution in [0.1, 0.15) is 57.2 Å². The van der Waals surface area contributed by atoms with Crippen molar-refractivity contribution in [1.29, 1.82) is 0 Å². The highest BCUT2D eigenvalue weighted by Crippen LogP contribution is 2.35. The van der Waals surface area contributed by atoms with Gasteiger partial charge in [-0.05, 0) is 48.2 Å². The molecule has 0 N–H and O–H groups in total. The van der Waals surface area contributed by atoms with Crippen molar-refractivity contribution in [3.05, 3.63) is 108 Å². The molecule has 9 heteroatoms. The van der Waals surface area contributed by atoms with Gasteiger partial charge in [0.25, 0.3) is 0 Å². The standard InChI is InChI=1S/C40H56O8Si/c1-6-49(7-2,8-3)48-34-24-25-36(45-30(34)4)47-37-35(29-42-26-31-18-12-9-13-19-31)46-40(41-5)39(44-28-33-22-16-11-17-23-33)38(37)43-27-32-20-14-10-15-21-32/h9-23,30,34-40H,6-8,24-29H2,1-5H3/t30-,34-,35+,36-,37+,38-,39+,40-/m0/s1. The zero-order chi connectivity index (χ0) is 34.5. The molecule has 49 heavy (non-hydrogen) atoms. The Hall–Kier alpha value is -2.44. The number of ether oxygens (including phenoxy) is 7. The van der Waals surface area contributed by atoms with Gasteiger partial charge in [0, 0.05) is 13.5 Å². The minimum atomic E-state index is -1.79. The molecule has 2 aliphatic heterocycles. The van der Waals surface area contributed by atoms with Crippen molar-refractivity contribution in [2.24, 2.45) is 0 Å². The maximum absolute atomic E-state index is 6.92. The Morgan fingerprint density at radius 1 is 0.653 bits per heavy atom. The van der Waals surface area contributed by atoms with Gasteiger partial charge >= 0.3 is 0 Å². The van der Waals surface area contributed by atoms with Crippen molar-refractivity contribution in [3.63, 3.8) is 0 Å². The zero-order valence-electron chi connectivity index (χ0n) is 29.9. The van der Waals surface area contributed by atoms with Gasteiger partial charge in [-0.15, -0.1) is 0 Å². The predicted molar refractivity (Wildman–Crippen MR) is 192 cm³/mol. The van der Waals surface area contributed by atoms with E-state index in [9.17, 15) is 0 Å². The zero-order valence-corrected chi connectivity index (χ0v) is 30.9. The van der Waals surface area contributed by atoms with E-state index in [0.717, 1.165) is 41.2 Å². The molecule has 0 unspecified atom stereocenters. The normalized spacial score (nSPS) is 27.6. The summed E-state index contributed by atoms with van der Waals surface area (Å²) in [6.45, 7) is 10.4. The second kappa shape index (κ2) is 19.2. The van der Waals surface area contributed by atoms with Crippen LogP contribution < -0.4 is 0 Å². The van der Waals surface area contributed by atoms with Gasteiger partial charge in [-0.1, -0.05) is 112 Å². The average molecular weight is 693 g/mol. The van der Waals surface area contributed by atoms with Gasteiger partial charge in [0.2, 0.25) is 0 Å². The molecular formula is C40H56O8Si. The molecule has 5 rings (SSSR count). The van der Waals surface area contributed by atoms with Gasteiger partial charge in [-0.3, -0.25) is 0 Å². The van der Waals surface area contributed by atoms with Crippen LogP contribution in [-0.2, 0) is 57.4 Å². The highest BCUT2D eigenvalue weighted by molar-refractivity contribution is 6.73. The Labute approximate surface area is 294 Å². The molecule has 3 aromatic carbocycles. The summed E-state index contributed by atoms with van der Waals surface area (Å²) in [4.78, 5) is 0. The summed E-state index contributed by atoms with van der Waals surface area (Å²) in [5.74, 6) is 0. The highest BCUT2D eigenvalue weighted by atomic mass is 28.4. The molecular weight excluding hydrogens is 637 g/mol. The average Bonchev–Trinajstić information content (AvgIpc) is 3.15. The summed E-state index contributed by atoms with van der Waals surface area (Å²) in [5, 5.41) is 0. The van der Waals surface area contributed by atoms with Crippen molar-refractivity contribution < 1.29 is 37.6 Å². The Kier molecular flexibility index (Phi) is 14.8. The lowest BCUT2D eigenvalue weighted by atomic mass is 9.97. The quantitative estimate of drug-likeness (QED) is 0.124. The van der Waals surface area contributed by atoms with E-state index < -0.39 is 45.3 Å². The summed E-state index contributed by atoms with van der Waals surface area (Å²) in [6.07, 6.45) is -1.81. The largest absolute Gasteiger partial charge is 0.411 e. The van der Waals surface area contributed by atoms with Crippen molar-refractivity contribution >= 4 is 8.32 Å². The topological polar surface area (TPSA) is 73.8 Å². The molecule has 2 fully saturated rings. The first-order valence-electron chi connectivity index (χ1n) is 18.1. The molecule has 0 bridgehead atoms. The lowest BCUT2D eigenvalue weighted by molar-refractivity contribution is -0.346. The first-order chi connectivity index (χ1) is 24.0. The van der Waals surface area contributed by atoms with Crippen LogP contribution in [0.15, 0.2) is 91.0 Å². The molecule has 0 aromatic heterocycles. The van der Waals surface area contributed by atoms with E-state index in [1.165, 1.54) is 0 Å². The predicted octanol–water partition coefficient (Wildman–Crippen LogP) is 8.05. The van der Waals surface area contributed by atoms with E-state index in [4.69, 9.17) is 37.6 Å². The lowest BCUT2D eigenvalue weighted by Crippen LogP contribution is -2.62. The molecule has 0 radical (unpaired) electrons.